The standard InChI is InChI=1S/C12H14O6S/c1-8(13)17-12(18-9(2)14)10-5-4-6-11(7-10)19(3,15)16/h4-7,12H,1-3H3. The molecule has 104 valence electrons. The van der Waals surface area contributed by atoms with Gasteiger partial charge in [0.2, 0.25) is 0 Å². The largest absolute Gasteiger partial charge is 0.421 e. The summed E-state index contributed by atoms with van der Waals surface area (Å²) in [4.78, 5) is 22.0. The predicted octanol–water partition coefficient (Wildman–Crippen LogP) is 1.21. The Labute approximate surface area is 111 Å². The SMILES string of the molecule is CC(=O)OC(OC(C)=O)c1cccc(S(C)(=O)=O)c1. The van der Waals surface area contributed by atoms with E-state index in [0.29, 0.717) is 0 Å². The first-order valence-electron chi connectivity index (χ1n) is 5.34. The molecule has 0 saturated carbocycles. The number of benzene rings is 1. The second-order valence-electron chi connectivity index (χ2n) is 3.90. The number of ether oxygens (including phenoxy) is 2. The molecule has 0 unspecified atom stereocenters. The molecule has 0 spiro atoms. The molecule has 0 atom stereocenters. The van der Waals surface area contributed by atoms with Crippen molar-refractivity contribution in [3.63, 3.8) is 0 Å². The van der Waals surface area contributed by atoms with E-state index in [-0.39, 0.29) is 10.5 Å². The van der Waals surface area contributed by atoms with E-state index in [4.69, 9.17) is 9.47 Å². The molecule has 1 aromatic carbocycles. The van der Waals surface area contributed by atoms with Gasteiger partial charge in [0.25, 0.3) is 6.29 Å². The zero-order chi connectivity index (χ0) is 14.6. The van der Waals surface area contributed by atoms with Crippen LogP contribution in [0, 0.1) is 0 Å². The Hall–Kier alpha value is -1.89. The number of hydrogen-bond acceptors (Lipinski definition) is 6. The first-order chi connectivity index (χ1) is 8.70. The Morgan fingerprint density at radius 1 is 1.11 bits per heavy atom. The third-order valence-corrected chi connectivity index (χ3v) is 3.21. The highest BCUT2D eigenvalue weighted by molar-refractivity contribution is 7.90. The summed E-state index contributed by atoms with van der Waals surface area (Å²) < 4.78 is 32.5. The van der Waals surface area contributed by atoms with Crippen LogP contribution in [0.3, 0.4) is 0 Å². The second-order valence-corrected chi connectivity index (χ2v) is 5.91. The van der Waals surface area contributed by atoms with Crippen LogP contribution in [0.2, 0.25) is 0 Å². The maximum atomic E-state index is 11.4. The van der Waals surface area contributed by atoms with Gasteiger partial charge in [-0.1, -0.05) is 12.1 Å². The van der Waals surface area contributed by atoms with Gasteiger partial charge in [0, 0.05) is 25.7 Å². The van der Waals surface area contributed by atoms with Gasteiger partial charge in [0.05, 0.1) is 4.90 Å². The van der Waals surface area contributed by atoms with E-state index < -0.39 is 28.1 Å². The van der Waals surface area contributed by atoms with Crippen LogP contribution in [0.4, 0.5) is 0 Å². The maximum Gasteiger partial charge on any atom is 0.305 e. The minimum Gasteiger partial charge on any atom is -0.421 e. The highest BCUT2D eigenvalue weighted by Crippen LogP contribution is 2.22. The number of hydrogen-bond donors (Lipinski definition) is 0. The summed E-state index contributed by atoms with van der Waals surface area (Å²) >= 11 is 0. The van der Waals surface area contributed by atoms with Crippen LogP contribution in [0.15, 0.2) is 29.2 Å². The summed E-state index contributed by atoms with van der Waals surface area (Å²) in [6, 6.07) is 5.68. The predicted molar refractivity (Wildman–Crippen MR) is 65.8 cm³/mol. The van der Waals surface area contributed by atoms with Gasteiger partial charge >= 0.3 is 11.9 Å². The summed E-state index contributed by atoms with van der Waals surface area (Å²) in [5, 5.41) is 0. The van der Waals surface area contributed by atoms with Gasteiger partial charge in [-0.15, -0.1) is 0 Å². The fourth-order valence-electron chi connectivity index (χ4n) is 1.35. The third kappa shape index (κ3) is 4.70. The lowest BCUT2D eigenvalue weighted by molar-refractivity contribution is -0.186. The van der Waals surface area contributed by atoms with Gasteiger partial charge in [0.15, 0.2) is 9.84 Å². The summed E-state index contributed by atoms with van der Waals surface area (Å²) in [5.74, 6) is -1.29. The molecule has 0 N–H and O–H groups in total. The molecule has 0 radical (unpaired) electrons. The lowest BCUT2D eigenvalue weighted by Gasteiger charge is -2.17. The van der Waals surface area contributed by atoms with Crippen molar-refractivity contribution in [2.75, 3.05) is 6.26 Å². The van der Waals surface area contributed by atoms with E-state index in [1.54, 1.807) is 0 Å². The van der Waals surface area contributed by atoms with Crippen LogP contribution in [0.25, 0.3) is 0 Å². The quantitative estimate of drug-likeness (QED) is 0.611. The Morgan fingerprint density at radius 3 is 2.05 bits per heavy atom. The Kier molecular flexibility index (Phi) is 4.66. The van der Waals surface area contributed by atoms with Crippen molar-refractivity contribution < 1.29 is 27.5 Å². The van der Waals surface area contributed by atoms with E-state index in [0.717, 1.165) is 20.1 Å². The summed E-state index contributed by atoms with van der Waals surface area (Å²) in [5.41, 5.74) is 0.272. The van der Waals surface area contributed by atoms with Crippen molar-refractivity contribution in [2.24, 2.45) is 0 Å². The fraction of sp³-hybridized carbons (Fsp3) is 0.333. The first kappa shape index (κ1) is 15.2. The minimum absolute atomic E-state index is 0.0503. The number of sulfone groups is 1. The topological polar surface area (TPSA) is 86.7 Å². The molecule has 6 nitrogen and oxygen atoms in total. The number of esters is 2. The minimum atomic E-state index is -3.40. The van der Waals surface area contributed by atoms with E-state index in [9.17, 15) is 18.0 Å². The highest BCUT2D eigenvalue weighted by Gasteiger charge is 2.19. The van der Waals surface area contributed by atoms with E-state index in [1.165, 1.54) is 24.3 Å². The normalized spacial score (nSPS) is 11.2. The summed E-state index contributed by atoms with van der Waals surface area (Å²) in [7, 11) is -3.40. The molecule has 1 aromatic rings. The van der Waals surface area contributed by atoms with Crippen LogP contribution in [-0.4, -0.2) is 26.6 Å². The van der Waals surface area contributed by atoms with Crippen molar-refractivity contribution >= 4 is 21.8 Å². The monoisotopic (exact) mass is 286 g/mol. The maximum absolute atomic E-state index is 11.4. The van der Waals surface area contributed by atoms with Crippen molar-refractivity contribution in [1.29, 1.82) is 0 Å². The zero-order valence-electron chi connectivity index (χ0n) is 10.7. The van der Waals surface area contributed by atoms with Crippen LogP contribution in [0.5, 0.6) is 0 Å². The molecular formula is C12H14O6S. The van der Waals surface area contributed by atoms with Crippen molar-refractivity contribution in [3.05, 3.63) is 29.8 Å². The second kappa shape index (κ2) is 5.83. The van der Waals surface area contributed by atoms with Gasteiger partial charge in [-0.2, -0.15) is 0 Å². The zero-order valence-corrected chi connectivity index (χ0v) is 11.6. The van der Waals surface area contributed by atoms with Crippen LogP contribution in [0.1, 0.15) is 25.7 Å². The van der Waals surface area contributed by atoms with E-state index >= 15 is 0 Å². The first-order valence-corrected chi connectivity index (χ1v) is 7.24. The van der Waals surface area contributed by atoms with Crippen LogP contribution < -0.4 is 0 Å². The number of rotatable bonds is 4. The Bertz CT molecular complexity index is 574. The molecule has 0 aliphatic heterocycles. The third-order valence-electron chi connectivity index (χ3n) is 2.10. The summed E-state index contributed by atoms with van der Waals surface area (Å²) in [6.07, 6.45) is -0.199. The van der Waals surface area contributed by atoms with Crippen LogP contribution in [-0.2, 0) is 28.9 Å². The molecule has 0 aliphatic carbocycles. The molecule has 0 amide bonds. The van der Waals surface area contributed by atoms with E-state index in [2.05, 4.69) is 0 Å². The van der Waals surface area contributed by atoms with Crippen molar-refractivity contribution in [3.8, 4) is 0 Å². The molecule has 19 heavy (non-hydrogen) atoms. The van der Waals surface area contributed by atoms with Gasteiger partial charge in [-0.3, -0.25) is 9.59 Å². The molecule has 1 rings (SSSR count). The lowest BCUT2D eigenvalue weighted by atomic mass is 10.2. The molecule has 0 fully saturated rings. The molecule has 0 heterocycles. The van der Waals surface area contributed by atoms with E-state index in [1.807, 2.05) is 0 Å². The Balaban J connectivity index is 3.15. The van der Waals surface area contributed by atoms with Gasteiger partial charge in [-0.25, -0.2) is 8.42 Å². The number of carbonyl (C=O) groups is 2. The molecule has 0 bridgehead atoms. The summed E-state index contributed by atoms with van der Waals surface area (Å²) in [6.45, 7) is 2.33. The van der Waals surface area contributed by atoms with Crippen molar-refractivity contribution in [2.45, 2.75) is 25.0 Å². The van der Waals surface area contributed by atoms with Crippen molar-refractivity contribution in [1.82, 2.24) is 0 Å². The Morgan fingerprint density at radius 2 is 1.63 bits per heavy atom. The van der Waals surface area contributed by atoms with Gasteiger partial charge < -0.3 is 9.47 Å². The average molecular weight is 286 g/mol. The highest BCUT2D eigenvalue weighted by atomic mass is 32.2. The van der Waals surface area contributed by atoms with Gasteiger partial charge in [-0.05, 0) is 12.1 Å². The van der Waals surface area contributed by atoms with Gasteiger partial charge in [0.1, 0.15) is 0 Å². The molecule has 0 saturated heterocycles. The average Bonchev–Trinajstić information content (AvgIpc) is 2.26. The molecule has 0 aromatic heterocycles. The molecule has 7 heteroatoms. The smallest absolute Gasteiger partial charge is 0.305 e. The number of carbonyl (C=O) groups excluding carboxylic acids is 2. The molecule has 0 aliphatic rings. The fourth-order valence-corrected chi connectivity index (χ4v) is 2.03. The lowest BCUT2D eigenvalue weighted by Crippen LogP contribution is -2.15. The van der Waals surface area contributed by atoms with Crippen LogP contribution >= 0.6 is 0 Å². The molecular weight excluding hydrogens is 272 g/mol.